The van der Waals surface area contributed by atoms with E-state index in [1.54, 1.807) is 24.3 Å². The Morgan fingerprint density at radius 3 is 1.97 bits per heavy atom. The normalized spacial score (nSPS) is 17.5. The molecule has 1 aromatic carbocycles. The van der Waals surface area contributed by atoms with E-state index in [4.69, 9.17) is 4.74 Å². The standard InChI is InChI=1S/C30H45NO4/c1-5-6-7-8-9-10-11-12-13-14-15-16-21-35-29(34)24-17-19-25(20-18-24)31-27-26(32)22-30(3,4)23(2)28(27)33/h17-20,27,31H,2,5-16,21-22H2,1,3-4H3. The topological polar surface area (TPSA) is 72.5 Å². The summed E-state index contributed by atoms with van der Waals surface area (Å²) in [4.78, 5) is 37.3. The minimum atomic E-state index is -0.917. The average molecular weight is 484 g/mol. The summed E-state index contributed by atoms with van der Waals surface area (Å²) in [6.45, 7) is 10.3. The van der Waals surface area contributed by atoms with Crippen LogP contribution in [-0.2, 0) is 14.3 Å². The van der Waals surface area contributed by atoms with Gasteiger partial charge < -0.3 is 10.1 Å². The molecule has 0 amide bonds. The highest BCUT2D eigenvalue weighted by atomic mass is 16.5. The zero-order chi connectivity index (χ0) is 25.7. The molecule has 5 nitrogen and oxygen atoms in total. The number of hydrogen-bond donors (Lipinski definition) is 1. The maximum atomic E-state index is 12.6. The smallest absolute Gasteiger partial charge is 0.338 e. The van der Waals surface area contributed by atoms with Gasteiger partial charge >= 0.3 is 5.97 Å². The van der Waals surface area contributed by atoms with E-state index in [0.29, 0.717) is 23.4 Å². The van der Waals surface area contributed by atoms with Gasteiger partial charge in [-0.1, -0.05) is 98.0 Å². The lowest BCUT2D eigenvalue weighted by atomic mass is 9.71. The lowest BCUT2D eigenvalue weighted by molar-refractivity contribution is -0.130. The van der Waals surface area contributed by atoms with E-state index in [1.165, 1.54) is 64.2 Å². The van der Waals surface area contributed by atoms with E-state index >= 15 is 0 Å². The summed E-state index contributed by atoms with van der Waals surface area (Å²) < 4.78 is 5.40. The van der Waals surface area contributed by atoms with Crippen LogP contribution in [0.4, 0.5) is 5.69 Å². The minimum absolute atomic E-state index is 0.140. The second kappa shape index (κ2) is 14.9. The van der Waals surface area contributed by atoms with E-state index in [-0.39, 0.29) is 24.0 Å². The molecule has 35 heavy (non-hydrogen) atoms. The first-order valence-electron chi connectivity index (χ1n) is 13.6. The molecule has 194 valence electrons. The fourth-order valence-electron chi connectivity index (χ4n) is 4.50. The van der Waals surface area contributed by atoms with E-state index in [2.05, 4.69) is 18.8 Å². The predicted octanol–water partition coefficient (Wildman–Crippen LogP) is 7.45. The van der Waals surface area contributed by atoms with Crippen molar-refractivity contribution >= 4 is 23.2 Å². The number of benzene rings is 1. The molecule has 5 heteroatoms. The van der Waals surface area contributed by atoms with Crippen LogP contribution in [0.2, 0.25) is 0 Å². The number of Topliss-reactive ketones (excluding diaryl/α,β-unsaturated/α-hetero) is 2. The number of ketones is 2. The maximum Gasteiger partial charge on any atom is 0.338 e. The van der Waals surface area contributed by atoms with Gasteiger partial charge in [-0.25, -0.2) is 4.79 Å². The third-order valence-electron chi connectivity index (χ3n) is 6.98. The molecular formula is C30H45NO4. The molecule has 1 fully saturated rings. The van der Waals surface area contributed by atoms with Crippen molar-refractivity contribution in [2.75, 3.05) is 11.9 Å². The summed E-state index contributed by atoms with van der Waals surface area (Å²) in [6, 6.07) is 5.79. The second-order valence-corrected chi connectivity index (χ2v) is 10.5. The molecule has 1 N–H and O–H groups in total. The summed E-state index contributed by atoms with van der Waals surface area (Å²) in [5.41, 5.74) is 1.03. The Kier molecular flexibility index (Phi) is 12.2. The van der Waals surface area contributed by atoms with Crippen molar-refractivity contribution in [3.63, 3.8) is 0 Å². The lowest BCUT2D eigenvalue weighted by Crippen LogP contribution is -2.47. The Balaban J connectivity index is 1.60. The highest BCUT2D eigenvalue weighted by Crippen LogP contribution is 2.36. The summed E-state index contributed by atoms with van der Waals surface area (Å²) in [7, 11) is 0. The van der Waals surface area contributed by atoms with Crippen LogP contribution in [0, 0.1) is 5.41 Å². The van der Waals surface area contributed by atoms with E-state index in [1.807, 2.05) is 13.8 Å². The summed E-state index contributed by atoms with van der Waals surface area (Å²) in [5, 5.41) is 3.00. The zero-order valence-electron chi connectivity index (χ0n) is 22.1. The van der Waals surface area contributed by atoms with Crippen LogP contribution < -0.4 is 5.32 Å². The van der Waals surface area contributed by atoms with E-state index in [9.17, 15) is 14.4 Å². The largest absolute Gasteiger partial charge is 0.462 e. The molecule has 0 bridgehead atoms. The van der Waals surface area contributed by atoms with Gasteiger partial charge in [0, 0.05) is 12.1 Å². The fraction of sp³-hybridized carbons (Fsp3) is 0.633. The number of carbonyl (C=O) groups excluding carboxylic acids is 3. The molecule has 1 atom stereocenters. The van der Waals surface area contributed by atoms with Gasteiger partial charge in [-0.3, -0.25) is 9.59 Å². The van der Waals surface area contributed by atoms with E-state index in [0.717, 1.165) is 12.8 Å². The van der Waals surface area contributed by atoms with E-state index < -0.39 is 11.5 Å². The first-order chi connectivity index (χ1) is 16.8. The van der Waals surface area contributed by atoms with Crippen molar-refractivity contribution in [1.82, 2.24) is 0 Å². The summed E-state index contributed by atoms with van der Waals surface area (Å²) in [5.74, 6) is -0.755. The SMILES string of the molecule is C=C1C(=O)C(Nc2ccc(C(=O)OCCCCCCCCCCCCCC)cc2)C(=O)CC1(C)C. The molecular weight excluding hydrogens is 438 g/mol. The lowest BCUT2D eigenvalue weighted by Gasteiger charge is -2.34. The van der Waals surface area contributed by atoms with Gasteiger partial charge in [0.1, 0.15) is 6.04 Å². The maximum absolute atomic E-state index is 12.6. The van der Waals surface area contributed by atoms with Gasteiger partial charge in [0.05, 0.1) is 12.2 Å². The highest BCUT2D eigenvalue weighted by Gasteiger charge is 2.42. The minimum Gasteiger partial charge on any atom is -0.462 e. The van der Waals surface area contributed by atoms with Crippen molar-refractivity contribution in [3.05, 3.63) is 42.0 Å². The van der Waals surface area contributed by atoms with Crippen LogP contribution in [0.1, 0.15) is 115 Å². The molecule has 1 aliphatic carbocycles. The number of ether oxygens (including phenoxy) is 1. The summed E-state index contributed by atoms with van der Waals surface area (Å²) >= 11 is 0. The number of hydrogen-bond acceptors (Lipinski definition) is 5. The van der Waals surface area contributed by atoms with Crippen molar-refractivity contribution in [2.45, 2.75) is 110 Å². The van der Waals surface area contributed by atoms with Gasteiger partial charge in [-0.05, 0) is 41.7 Å². The van der Waals surface area contributed by atoms with Gasteiger partial charge in [0.25, 0.3) is 0 Å². The van der Waals surface area contributed by atoms with Crippen LogP contribution in [0.5, 0.6) is 0 Å². The Morgan fingerprint density at radius 2 is 1.43 bits per heavy atom. The van der Waals surface area contributed by atoms with Crippen molar-refractivity contribution in [3.8, 4) is 0 Å². The van der Waals surface area contributed by atoms with Gasteiger partial charge in [0.2, 0.25) is 0 Å². The fourth-order valence-corrected chi connectivity index (χ4v) is 4.50. The number of nitrogens with one attached hydrogen (secondary N) is 1. The molecule has 2 rings (SSSR count). The third-order valence-corrected chi connectivity index (χ3v) is 6.98. The number of anilines is 1. The Morgan fingerprint density at radius 1 is 0.914 bits per heavy atom. The number of rotatable bonds is 16. The molecule has 0 spiro atoms. The van der Waals surface area contributed by atoms with Crippen LogP contribution >= 0.6 is 0 Å². The molecule has 0 saturated heterocycles. The number of unbranched alkanes of at least 4 members (excludes halogenated alkanes) is 11. The number of carbonyl (C=O) groups is 3. The Bertz CT molecular complexity index is 840. The molecule has 1 aliphatic rings. The molecule has 1 unspecified atom stereocenters. The third kappa shape index (κ3) is 9.62. The van der Waals surface area contributed by atoms with Gasteiger partial charge in [-0.15, -0.1) is 0 Å². The molecule has 1 saturated carbocycles. The zero-order valence-corrected chi connectivity index (χ0v) is 22.1. The Labute approximate surface area is 212 Å². The second-order valence-electron chi connectivity index (χ2n) is 10.5. The monoisotopic (exact) mass is 483 g/mol. The molecule has 0 radical (unpaired) electrons. The van der Waals surface area contributed by atoms with Crippen molar-refractivity contribution in [1.29, 1.82) is 0 Å². The van der Waals surface area contributed by atoms with Crippen LogP contribution in [0.15, 0.2) is 36.4 Å². The molecule has 0 aromatic heterocycles. The first-order valence-corrected chi connectivity index (χ1v) is 13.6. The summed E-state index contributed by atoms with van der Waals surface area (Å²) in [6.07, 6.45) is 15.5. The van der Waals surface area contributed by atoms with Gasteiger partial charge in [-0.2, -0.15) is 0 Å². The number of esters is 1. The van der Waals surface area contributed by atoms with Crippen LogP contribution in [0.3, 0.4) is 0 Å². The first kappa shape index (κ1) is 28.8. The van der Waals surface area contributed by atoms with Crippen molar-refractivity contribution in [2.24, 2.45) is 5.41 Å². The van der Waals surface area contributed by atoms with Crippen LogP contribution in [0.25, 0.3) is 0 Å². The average Bonchev–Trinajstić information content (AvgIpc) is 2.83. The quantitative estimate of drug-likeness (QED) is 0.114. The van der Waals surface area contributed by atoms with Gasteiger partial charge in [0.15, 0.2) is 11.6 Å². The molecule has 0 aliphatic heterocycles. The van der Waals surface area contributed by atoms with Crippen LogP contribution in [-0.4, -0.2) is 30.2 Å². The van der Waals surface area contributed by atoms with Crippen molar-refractivity contribution < 1.29 is 19.1 Å². The highest BCUT2D eigenvalue weighted by molar-refractivity contribution is 6.18. The predicted molar refractivity (Wildman–Crippen MR) is 143 cm³/mol. The molecule has 1 aromatic rings. The molecule has 0 heterocycles. The Hall–Kier alpha value is -2.43.